The Bertz CT molecular complexity index is 393. The van der Waals surface area contributed by atoms with Gasteiger partial charge in [0.2, 0.25) is 0 Å². The molecule has 0 saturated carbocycles. The lowest BCUT2D eigenvalue weighted by Gasteiger charge is -2.33. The van der Waals surface area contributed by atoms with Crippen molar-refractivity contribution in [2.24, 2.45) is 11.8 Å². The van der Waals surface area contributed by atoms with Crippen LogP contribution < -0.4 is 10.2 Å². The third-order valence-electron chi connectivity index (χ3n) is 3.49. The molecule has 3 heteroatoms. The zero-order chi connectivity index (χ0) is 13.1. The molecule has 0 bridgehead atoms. The number of aryl methyl sites for hydroxylation is 1. The summed E-state index contributed by atoms with van der Waals surface area (Å²) >= 11 is 0. The van der Waals surface area contributed by atoms with Gasteiger partial charge in [0.15, 0.2) is 0 Å². The van der Waals surface area contributed by atoms with Crippen LogP contribution in [0.4, 0.5) is 10.1 Å². The van der Waals surface area contributed by atoms with Gasteiger partial charge in [-0.05, 0) is 49.5 Å². The van der Waals surface area contributed by atoms with Crippen molar-refractivity contribution in [3.63, 3.8) is 0 Å². The first-order chi connectivity index (χ1) is 8.56. The molecule has 0 spiro atoms. The quantitative estimate of drug-likeness (QED) is 0.824. The van der Waals surface area contributed by atoms with Crippen molar-refractivity contribution in [2.45, 2.75) is 20.8 Å². The van der Waals surface area contributed by atoms with Crippen molar-refractivity contribution in [1.82, 2.24) is 5.32 Å². The Kier molecular flexibility index (Phi) is 4.23. The molecule has 1 aromatic rings. The number of halogens is 1. The van der Waals surface area contributed by atoms with Crippen molar-refractivity contribution in [1.29, 1.82) is 0 Å². The Morgan fingerprint density at radius 1 is 1.17 bits per heavy atom. The fourth-order valence-electron chi connectivity index (χ4n) is 2.60. The summed E-state index contributed by atoms with van der Waals surface area (Å²) in [6.07, 6.45) is 0. The minimum Gasteiger partial charge on any atom is -0.369 e. The highest BCUT2D eigenvalue weighted by Gasteiger charge is 2.19. The number of anilines is 1. The predicted octanol–water partition coefficient (Wildman–Crippen LogP) is 2.82. The molecule has 1 heterocycles. The molecule has 2 unspecified atom stereocenters. The maximum atomic E-state index is 14.1. The number of nitrogens with one attached hydrogen (secondary N) is 1. The molecular weight excluding hydrogens is 227 g/mol. The van der Waals surface area contributed by atoms with Gasteiger partial charge in [0.05, 0.1) is 5.69 Å². The van der Waals surface area contributed by atoms with Crippen molar-refractivity contribution in [2.75, 3.05) is 31.1 Å². The van der Waals surface area contributed by atoms with E-state index in [0.29, 0.717) is 11.8 Å². The zero-order valence-corrected chi connectivity index (χ0v) is 11.5. The van der Waals surface area contributed by atoms with E-state index in [2.05, 4.69) is 24.1 Å². The van der Waals surface area contributed by atoms with Crippen molar-refractivity contribution in [3.05, 3.63) is 29.6 Å². The van der Waals surface area contributed by atoms with E-state index < -0.39 is 0 Å². The van der Waals surface area contributed by atoms with Gasteiger partial charge in [-0.1, -0.05) is 19.9 Å². The lowest BCUT2D eigenvalue weighted by Crippen LogP contribution is -2.43. The van der Waals surface area contributed by atoms with Crippen molar-refractivity contribution < 1.29 is 4.39 Å². The van der Waals surface area contributed by atoms with Gasteiger partial charge in [-0.3, -0.25) is 0 Å². The van der Waals surface area contributed by atoms with E-state index in [1.54, 1.807) is 6.07 Å². The van der Waals surface area contributed by atoms with E-state index in [1.807, 2.05) is 19.1 Å². The van der Waals surface area contributed by atoms with Gasteiger partial charge in [0, 0.05) is 13.1 Å². The molecule has 0 amide bonds. The highest BCUT2D eigenvalue weighted by molar-refractivity contribution is 5.49. The van der Waals surface area contributed by atoms with E-state index in [9.17, 15) is 4.39 Å². The second-order valence-electron chi connectivity index (χ2n) is 5.73. The van der Waals surface area contributed by atoms with Gasteiger partial charge in [0.1, 0.15) is 5.82 Å². The molecule has 18 heavy (non-hydrogen) atoms. The number of hydrogen-bond acceptors (Lipinski definition) is 2. The van der Waals surface area contributed by atoms with Crippen LogP contribution in [-0.4, -0.2) is 26.2 Å². The van der Waals surface area contributed by atoms with Crippen LogP contribution in [0.3, 0.4) is 0 Å². The normalized spacial score (nSPS) is 25.7. The van der Waals surface area contributed by atoms with Crippen molar-refractivity contribution in [3.8, 4) is 0 Å². The van der Waals surface area contributed by atoms with Gasteiger partial charge < -0.3 is 10.2 Å². The Hall–Kier alpha value is -1.09. The molecule has 0 aliphatic carbocycles. The Balaban J connectivity index is 2.22. The smallest absolute Gasteiger partial charge is 0.146 e. The molecule has 2 nitrogen and oxygen atoms in total. The largest absolute Gasteiger partial charge is 0.369 e. The van der Waals surface area contributed by atoms with Crippen LogP contribution >= 0.6 is 0 Å². The topological polar surface area (TPSA) is 15.3 Å². The fourth-order valence-corrected chi connectivity index (χ4v) is 2.60. The van der Waals surface area contributed by atoms with Gasteiger partial charge in [-0.25, -0.2) is 4.39 Å². The number of hydrogen-bond donors (Lipinski definition) is 1. The minimum atomic E-state index is -0.0945. The lowest BCUT2D eigenvalue weighted by atomic mass is 10.0. The molecule has 2 atom stereocenters. The second-order valence-corrected chi connectivity index (χ2v) is 5.73. The first kappa shape index (κ1) is 13.3. The Labute approximate surface area is 109 Å². The number of benzene rings is 1. The van der Waals surface area contributed by atoms with Crippen LogP contribution in [0.15, 0.2) is 18.2 Å². The third-order valence-corrected chi connectivity index (χ3v) is 3.49. The highest BCUT2D eigenvalue weighted by atomic mass is 19.1. The molecule has 0 aromatic heterocycles. The summed E-state index contributed by atoms with van der Waals surface area (Å²) in [6, 6.07) is 5.53. The van der Waals surface area contributed by atoms with E-state index in [4.69, 9.17) is 0 Å². The standard InChI is InChI=1S/C15H23FN2/c1-11-4-5-15(14(16)6-11)18-9-12(2)7-17-8-13(3)10-18/h4-6,12-13,17H,7-10H2,1-3H3. The monoisotopic (exact) mass is 250 g/mol. The van der Waals surface area contributed by atoms with Gasteiger partial charge in [0.25, 0.3) is 0 Å². The molecule has 0 radical (unpaired) electrons. The molecule has 1 N–H and O–H groups in total. The summed E-state index contributed by atoms with van der Waals surface area (Å²) in [5.41, 5.74) is 1.73. The Morgan fingerprint density at radius 2 is 1.78 bits per heavy atom. The van der Waals surface area contributed by atoms with Crippen molar-refractivity contribution >= 4 is 5.69 Å². The summed E-state index contributed by atoms with van der Waals surface area (Å²) in [5, 5.41) is 3.46. The summed E-state index contributed by atoms with van der Waals surface area (Å²) < 4.78 is 14.1. The summed E-state index contributed by atoms with van der Waals surface area (Å²) in [6.45, 7) is 10.2. The van der Waals surface area contributed by atoms with Crippen LogP contribution in [0.2, 0.25) is 0 Å². The highest BCUT2D eigenvalue weighted by Crippen LogP contribution is 2.23. The maximum Gasteiger partial charge on any atom is 0.146 e. The summed E-state index contributed by atoms with van der Waals surface area (Å²) in [7, 11) is 0. The van der Waals surface area contributed by atoms with Gasteiger partial charge in [-0.15, -0.1) is 0 Å². The van der Waals surface area contributed by atoms with Crippen LogP contribution in [-0.2, 0) is 0 Å². The van der Waals surface area contributed by atoms with Crippen LogP contribution in [0, 0.1) is 24.6 Å². The van der Waals surface area contributed by atoms with Gasteiger partial charge >= 0.3 is 0 Å². The van der Waals surface area contributed by atoms with Crippen LogP contribution in [0.25, 0.3) is 0 Å². The Morgan fingerprint density at radius 3 is 2.33 bits per heavy atom. The summed E-state index contributed by atoms with van der Waals surface area (Å²) in [5.74, 6) is 0.985. The van der Waals surface area contributed by atoms with E-state index >= 15 is 0 Å². The molecule has 1 aromatic carbocycles. The molecule has 1 aliphatic rings. The van der Waals surface area contributed by atoms with Crippen LogP contribution in [0.1, 0.15) is 19.4 Å². The van der Waals surface area contributed by atoms with E-state index in [-0.39, 0.29) is 5.82 Å². The minimum absolute atomic E-state index is 0.0945. The second kappa shape index (κ2) is 5.70. The number of nitrogens with zero attached hydrogens (tertiary/aromatic N) is 1. The van der Waals surface area contributed by atoms with Gasteiger partial charge in [-0.2, -0.15) is 0 Å². The predicted molar refractivity (Wildman–Crippen MR) is 74.5 cm³/mol. The fraction of sp³-hybridized carbons (Fsp3) is 0.600. The third kappa shape index (κ3) is 3.22. The molecule has 1 saturated heterocycles. The average molecular weight is 250 g/mol. The lowest BCUT2D eigenvalue weighted by molar-refractivity contribution is 0.407. The first-order valence-corrected chi connectivity index (χ1v) is 6.78. The van der Waals surface area contributed by atoms with E-state index in [0.717, 1.165) is 37.4 Å². The average Bonchev–Trinajstić information content (AvgIpc) is 2.26. The first-order valence-electron chi connectivity index (χ1n) is 6.78. The molecular formula is C15H23FN2. The SMILES string of the molecule is Cc1ccc(N2CC(C)CNCC(C)C2)c(F)c1. The van der Waals surface area contributed by atoms with E-state index in [1.165, 1.54) is 0 Å². The summed E-state index contributed by atoms with van der Waals surface area (Å²) in [4.78, 5) is 2.20. The molecule has 100 valence electrons. The molecule has 2 rings (SSSR count). The van der Waals surface area contributed by atoms with Crippen LogP contribution in [0.5, 0.6) is 0 Å². The molecule has 1 fully saturated rings. The molecule has 1 aliphatic heterocycles. The number of rotatable bonds is 1. The zero-order valence-electron chi connectivity index (χ0n) is 11.5. The maximum absolute atomic E-state index is 14.1.